The first-order valence-corrected chi connectivity index (χ1v) is 9.30. The molecule has 0 fully saturated rings. The SMILES string of the molecule is CC1(C)C(=O)Nc2ccccc2N1C(=O)COC(=O)/C=C/c1nc2ccccc2o1. The maximum atomic E-state index is 12.8. The molecule has 0 bridgehead atoms. The van der Waals surface area contributed by atoms with E-state index in [1.54, 1.807) is 50.2 Å². The first-order chi connectivity index (χ1) is 14.4. The van der Waals surface area contributed by atoms with Crippen LogP contribution in [0.15, 0.2) is 59.0 Å². The molecular formula is C22H19N3O5. The Hall–Kier alpha value is -3.94. The lowest BCUT2D eigenvalue weighted by atomic mass is 9.96. The minimum atomic E-state index is -1.13. The van der Waals surface area contributed by atoms with Gasteiger partial charge >= 0.3 is 5.97 Å². The summed E-state index contributed by atoms with van der Waals surface area (Å²) in [5.74, 6) is -1.30. The van der Waals surface area contributed by atoms with Gasteiger partial charge < -0.3 is 14.5 Å². The van der Waals surface area contributed by atoms with Crippen LogP contribution in [-0.4, -0.2) is 34.9 Å². The number of carbonyl (C=O) groups is 3. The third-order valence-electron chi connectivity index (χ3n) is 4.77. The molecule has 0 atom stereocenters. The van der Waals surface area contributed by atoms with E-state index in [-0.39, 0.29) is 11.8 Å². The van der Waals surface area contributed by atoms with Gasteiger partial charge in [-0.25, -0.2) is 9.78 Å². The topological polar surface area (TPSA) is 102 Å². The molecule has 1 aromatic heterocycles. The normalized spacial score (nSPS) is 15.1. The zero-order chi connectivity index (χ0) is 21.3. The lowest BCUT2D eigenvalue weighted by Gasteiger charge is -2.41. The van der Waals surface area contributed by atoms with Crippen LogP contribution in [0.1, 0.15) is 19.7 Å². The van der Waals surface area contributed by atoms with Crippen molar-refractivity contribution in [1.82, 2.24) is 4.98 Å². The first kappa shape index (κ1) is 19.4. The second-order valence-corrected chi connectivity index (χ2v) is 7.22. The fraction of sp³-hybridized carbons (Fsp3) is 0.182. The molecule has 152 valence electrons. The average Bonchev–Trinajstić information content (AvgIpc) is 3.14. The second-order valence-electron chi connectivity index (χ2n) is 7.22. The van der Waals surface area contributed by atoms with Gasteiger partial charge in [0, 0.05) is 12.2 Å². The van der Waals surface area contributed by atoms with Crippen LogP contribution < -0.4 is 10.2 Å². The van der Waals surface area contributed by atoms with Crippen LogP contribution in [0.2, 0.25) is 0 Å². The number of para-hydroxylation sites is 4. The Kier molecular flexibility index (Phi) is 4.83. The van der Waals surface area contributed by atoms with Crippen molar-refractivity contribution in [3.05, 3.63) is 60.5 Å². The average molecular weight is 405 g/mol. The maximum Gasteiger partial charge on any atom is 0.331 e. The Morgan fingerprint density at radius 2 is 1.90 bits per heavy atom. The number of anilines is 2. The number of rotatable bonds is 4. The molecular weight excluding hydrogens is 386 g/mol. The first-order valence-electron chi connectivity index (χ1n) is 9.30. The Morgan fingerprint density at radius 3 is 2.70 bits per heavy atom. The number of benzene rings is 2. The van der Waals surface area contributed by atoms with Gasteiger partial charge in [-0.05, 0) is 38.1 Å². The van der Waals surface area contributed by atoms with Gasteiger partial charge in [0.1, 0.15) is 11.1 Å². The number of amides is 2. The van der Waals surface area contributed by atoms with Crippen molar-refractivity contribution in [3.63, 3.8) is 0 Å². The highest BCUT2D eigenvalue weighted by Gasteiger charge is 2.43. The zero-order valence-electron chi connectivity index (χ0n) is 16.4. The molecule has 1 aliphatic heterocycles. The molecule has 0 aliphatic carbocycles. The van der Waals surface area contributed by atoms with Crippen molar-refractivity contribution in [2.24, 2.45) is 0 Å². The Balaban J connectivity index is 1.44. The molecule has 0 spiro atoms. The molecule has 2 amide bonds. The molecule has 4 rings (SSSR count). The van der Waals surface area contributed by atoms with E-state index in [0.717, 1.165) is 6.08 Å². The number of oxazole rings is 1. The van der Waals surface area contributed by atoms with Crippen molar-refractivity contribution in [3.8, 4) is 0 Å². The summed E-state index contributed by atoms with van der Waals surface area (Å²) in [6.45, 7) is 2.75. The van der Waals surface area contributed by atoms with Gasteiger partial charge in [0.25, 0.3) is 5.91 Å². The van der Waals surface area contributed by atoms with E-state index in [0.29, 0.717) is 22.5 Å². The van der Waals surface area contributed by atoms with E-state index < -0.39 is 24.0 Å². The van der Waals surface area contributed by atoms with E-state index in [2.05, 4.69) is 10.3 Å². The summed E-state index contributed by atoms with van der Waals surface area (Å²) < 4.78 is 10.6. The van der Waals surface area contributed by atoms with Crippen molar-refractivity contribution in [2.45, 2.75) is 19.4 Å². The van der Waals surface area contributed by atoms with Gasteiger partial charge in [0.15, 0.2) is 12.2 Å². The smallest absolute Gasteiger partial charge is 0.331 e. The summed E-state index contributed by atoms with van der Waals surface area (Å²) in [6, 6.07) is 14.2. The highest BCUT2D eigenvalue weighted by Crippen LogP contribution is 2.36. The Labute approximate surface area is 172 Å². The van der Waals surface area contributed by atoms with Crippen LogP contribution in [0.4, 0.5) is 11.4 Å². The number of carbonyl (C=O) groups excluding carboxylic acids is 3. The summed E-state index contributed by atoms with van der Waals surface area (Å²) in [5.41, 5.74) is 1.21. The second kappa shape index (κ2) is 7.47. The van der Waals surface area contributed by atoms with Crippen LogP contribution in [0.3, 0.4) is 0 Å². The molecule has 3 aromatic rings. The highest BCUT2D eigenvalue weighted by molar-refractivity contribution is 6.14. The van der Waals surface area contributed by atoms with Gasteiger partial charge in [-0.1, -0.05) is 24.3 Å². The minimum absolute atomic E-state index is 0.252. The molecule has 0 radical (unpaired) electrons. The summed E-state index contributed by atoms with van der Waals surface area (Å²) >= 11 is 0. The predicted octanol–water partition coefficient (Wildman–Crippen LogP) is 3.15. The van der Waals surface area contributed by atoms with E-state index >= 15 is 0 Å². The summed E-state index contributed by atoms with van der Waals surface area (Å²) in [6.07, 6.45) is 2.51. The van der Waals surface area contributed by atoms with E-state index in [4.69, 9.17) is 9.15 Å². The van der Waals surface area contributed by atoms with Crippen molar-refractivity contribution >= 4 is 46.3 Å². The molecule has 1 N–H and O–H groups in total. The number of aromatic nitrogens is 1. The van der Waals surface area contributed by atoms with Crippen LogP contribution in [0.5, 0.6) is 0 Å². The molecule has 0 saturated carbocycles. The molecule has 8 nitrogen and oxygen atoms in total. The minimum Gasteiger partial charge on any atom is -0.452 e. The van der Waals surface area contributed by atoms with Crippen molar-refractivity contribution in [2.75, 3.05) is 16.8 Å². The number of nitrogens with zero attached hydrogens (tertiary/aromatic N) is 2. The van der Waals surface area contributed by atoms with Crippen LogP contribution in [-0.2, 0) is 19.1 Å². The molecule has 30 heavy (non-hydrogen) atoms. The fourth-order valence-electron chi connectivity index (χ4n) is 3.24. The van der Waals surface area contributed by atoms with E-state index in [1.165, 1.54) is 11.0 Å². The molecule has 2 aromatic carbocycles. The number of esters is 1. The number of hydrogen-bond donors (Lipinski definition) is 1. The van der Waals surface area contributed by atoms with E-state index in [9.17, 15) is 14.4 Å². The molecule has 2 heterocycles. The van der Waals surface area contributed by atoms with Crippen molar-refractivity contribution < 1.29 is 23.5 Å². The van der Waals surface area contributed by atoms with Gasteiger partial charge in [-0.2, -0.15) is 0 Å². The third kappa shape index (κ3) is 3.55. The number of hydrogen-bond acceptors (Lipinski definition) is 6. The summed E-state index contributed by atoms with van der Waals surface area (Å²) in [4.78, 5) is 42.9. The van der Waals surface area contributed by atoms with Crippen LogP contribution in [0, 0.1) is 0 Å². The van der Waals surface area contributed by atoms with Crippen LogP contribution >= 0.6 is 0 Å². The maximum absolute atomic E-state index is 12.8. The molecule has 0 saturated heterocycles. The van der Waals surface area contributed by atoms with Gasteiger partial charge in [0.2, 0.25) is 11.8 Å². The largest absolute Gasteiger partial charge is 0.452 e. The monoisotopic (exact) mass is 405 g/mol. The summed E-state index contributed by atoms with van der Waals surface area (Å²) in [7, 11) is 0. The van der Waals surface area contributed by atoms with Gasteiger partial charge in [-0.3, -0.25) is 14.5 Å². The predicted molar refractivity (Wildman–Crippen MR) is 111 cm³/mol. The summed E-state index contributed by atoms with van der Waals surface area (Å²) in [5, 5.41) is 2.78. The fourth-order valence-corrected chi connectivity index (χ4v) is 3.24. The van der Waals surface area contributed by atoms with Crippen molar-refractivity contribution in [1.29, 1.82) is 0 Å². The van der Waals surface area contributed by atoms with Gasteiger partial charge in [-0.15, -0.1) is 0 Å². The van der Waals surface area contributed by atoms with E-state index in [1.807, 2.05) is 12.1 Å². The standard InChI is InChI=1S/C22H19N3O5/c1-22(2)21(28)24-14-7-3-5-9-16(14)25(22)19(26)13-29-20(27)12-11-18-23-15-8-4-6-10-17(15)30-18/h3-12H,13H2,1-2H3,(H,24,28)/b12-11+. The molecule has 8 heteroatoms. The third-order valence-corrected chi connectivity index (χ3v) is 4.77. The highest BCUT2D eigenvalue weighted by atomic mass is 16.5. The van der Waals surface area contributed by atoms with Gasteiger partial charge in [0.05, 0.1) is 11.4 Å². The lowest BCUT2D eigenvalue weighted by Crippen LogP contribution is -2.59. The quantitative estimate of drug-likeness (QED) is 0.529. The number of nitrogens with one attached hydrogen (secondary N) is 1. The number of fused-ring (bicyclic) bond motifs is 2. The Bertz CT molecular complexity index is 1150. The molecule has 1 aliphatic rings. The van der Waals surface area contributed by atoms with Crippen LogP contribution in [0.25, 0.3) is 17.2 Å². The molecule has 0 unspecified atom stereocenters. The lowest BCUT2D eigenvalue weighted by molar-refractivity contribution is -0.143. The Morgan fingerprint density at radius 1 is 1.17 bits per heavy atom. The zero-order valence-corrected chi connectivity index (χ0v) is 16.4. The number of ether oxygens (including phenoxy) is 1.